The summed E-state index contributed by atoms with van der Waals surface area (Å²) in [4.78, 5) is 42.4. The molecule has 1 aromatic heterocycles. The first kappa shape index (κ1) is 37.4. The van der Waals surface area contributed by atoms with Gasteiger partial charge in [0.05, 0.1) is 30.2 Å². The molecule has 4 aromatic rings. The number of amides is 3. The molecule has 288 valence electrons. The number of ether oxygens (including phenoxy) is 2. The number of nitrogens with two attached hydrogens (primary N) is 1. The van der Waals surface area contributed by atoms with E-state index in [0.717, 1.165) is 17.0 Å². The third-order valence-corrected chi connectivity index (χ3v) is 9.87. The largest absolute Gasteiger partial charge is 0.507 e. The number of nitrogens with one attached hydrogen (secondary N) is 2. The van der Waals surface area contributed by atoms with Crippen LogP contribution in [0.4, 0.5) is 26.0 Å². The number of phenolic OH excluding ortho intramolecular Hbond substituents is 1. The number of nitrogen functional groups attached to an aromatic ring is 1. The van der Waals surface area contributed by atoms with Crippen LogP contribution in [0, 0.1) is 11.6 Å². The van der Waals surface area contributed by atoms with E-state index in [4.69, 9.17) is 15.2 Å². The number of hydrogen-bond acceptors (Lipinski definition) is 13. The van der Waals surface area contributed by atoms with Gasteiger partial charge in [-0.25, -0.2) is 8.78 Å². The Kier molecular flexibility index (Phi) is 11.0. The summed E-state index contributed by atoms with van der Waals surface area (Å²) in [5.74, 6) is -2.75. The van der Waals surface area contributed by atoms with Gasteiger partial charge in [-0.05, 0) is 36.8 Å². The number of piperidine rings is 1. The van der Waals surface area contributed by atoms with E-state index in [1.54, 1.807) is 48.5 Å². The molecule has 7 rings (SSSR count). The number of piperazine rings is 1. The second-order valence-corrected chi connectivity index (χ2v) is 13.4. The van der Waals surface area contributed by atoms with Crippen molar-refractivity contribution in [3.05, 3.63) is 89.0 Å². The molecule has 3 amide bonds. The standard InChI is InChI=1S/C38H40F2N8O7/c39-25-19-32(26(40)18-22(25)21-46-11-13-47(14-12-46)30-20-28(44-45-35(30)41)23-4-1-2-7-31(23)49)55-17-16-54-15-10-42-27-6-3-5-24-34(27)38(53)48(37(24)52)29-8-9-33(50)43-36(29)51/h1-7,18-20,29,37,42,49,52H,8-17,21H2,(H2,41,45)(H,43,50,51). The van der Waals surface area contributed by atoms with Crippen LogP contribution >= 0.6 is 0 Å². The molecule has 2 saturated heterocycles. The van der Waals surface area contributed by atoms with Gasteiger partial charge in [-0.1, -0.05) is 24.3 Å². The van der Waals surface area contributed by atoms with Gasteiger partial charge in [-0.2, -0.15) is 0 Å². The SMILES string of the molecule is Nc1nnc(-c2ccccc2O)cc1N1CCN(Cc2cc(F)c(OCCOCCNc3cccc4c3C(=O)N(C3CCC(=O)NC3=O)C4O)cc2F)CC1. The maximum atomic E-state index is 15.1. The van der Waals surface area contributed by atoms with Crippen molar-refractivity contribution in [1.29, 1.82) is 0 Å². The van der Waals surface area contributed by atoms with Crippen LogP contribution in [0.5, 0.6) is 11.5 Å². The zero-order valence-electron chi connectivity index (χ0n) is 29.7. The lowest BCUT2D eigenvalue weighted by Gasteiger charge is -2.36. The van der Waals surface area contributed by atoms with Crippen LogP contribution in [0.25, 0.3) is 11.3 Å². The highest BCUT2D eigenvalue weighted by molar-refractivity contribution is 6.08. The van der Waals surface area contributed by atoms with Gasteiger partial charge in [0, 0.05) is 74.1 Å². The highest BCUT2D eigenvalue weighted by Crippen LogP contribution is 2.39. The minimum Gasteiger partial charge on any atom is -0.507 e. The number of aliphatic hydroxyl groups excluding tert-OH is 1. The van der Waals surface area contributed by atoms with Gasteiger partial charge in [-0.3, -0.25) is 29.5 Å². The van der Waals surface area contributed by atoms with Crippen molar-refractivity contribution in [1.82, 2.24) is 25.3 Å². The van der Waals surface area contributed by atoms with E-state index in [1.807, 2.05) is 4.90 Å². The quantitative estimate of drug-likeness (QED) is 0.0988. The third-order valence-electron chi connectivity index (χ3n) is 9.87. The number of aliphatic hydroxyl groups is 1. The Morgan fingerprint density at radius 3 is 2.53 bits per heavy atom. The molecule has 2 unspecified atom stereocenters. The number of hydrogen-bond donors (Lipinski definition) is 5. The maximum Gasteiger partial charge on any atom is 0.259 e. The Morgan fingerprint density at radius 1 is 0.945 bits per heavy atom. The van der Waals surface area contributed by atoms with Crippen LogP contribution in [-0.4, -0.2) is 107 Å². The fourth-order valence-corrected chi connectivity index (χ4v) is 7.05. The number of para-hydroxylation sites is 1. The molecule has 3 aliphatic heterocycles. The van der Waals surface area contributed by atoms with Crippen LogP contribution in [-0.2, 0) is 20.9 Å². The average molecular weight is 759 g/mol. The van der Waals surface area contributed by atoms with Crippen molar-refractivity contribution in [3.8, 4) is 22.8 Å². The highest BCUT2D eigenvalue weighted by Gasteiger charge is 2.45. The summed E-state index contributed by atoms with van der Waals surface area (Å²) in [6.45, 7) is 2.95. The van der Waals surface area contributed by atoms with Crippen molar-refractivity contribution in [2.24, 2.45) is 0 Å². The molecule has 6 N–H and O–H groups in total. The van der Waals surface area contributed by atoms with Crippen molar-refractivity contribution in [3.63, 3.8) is 0 Å². The fourth-order valence-electron chi connectivity index (χ4n) is 7.05. The van der Waals surface area contributed by atoms with Gasteiger partial charge >= 0.3 is 0 Å². The molecule has 2 atom stereocenters. The van der Waals surface area contributed by atoms with E-state index in [0.29, 0.717) is 54.4 Å². The predicted molar refractivity (Wildman–Crippen MR) is 196 cm³/mol. The molecule has 0 bridgehead atoms. The number of nitrogens with zero attached hydrogens (tertiary/aromatic N) is 5. The lowest BCUT2D eigenvalue weighted by Crippen LogP contribution is -2.53. The molecule has 17 heteroatoms. The number of aromatic hydroxyl groups is 1. The van der Waals surface area contributed by atoms with E-state index in [1.165, 1.54) is 0 Å². The lowest BCUT2D eigenvalue weighted by atomic mass is 10.0. The van der Waals surface area contributed by atoms with E-state index in [-0.39, 0.29) is 74.2 Å². The van der Waals surface area contributed by atoms with Gasteiger partial charge in [-0.15, -0.1) is 10.2 Å². The van der Waals surface area contributed by atoms with Crippen LogP contribution in [0.3, 0.4) is 0 Å². The second kappa shape index (κ2) is 16.2. The minimum absolute atomic E-state index is 0.0391. The molecule has 0 saturated carbocycles. The average Bonchev–Trinajstić information content (AvgIpc) is 3.43. The summed E-state index contributed by atoms with van der Waals surface area (Å²) in [6, 6.07) is 14.8. The number of rotatable bonds is 13. The maximum absolute atomic E-state index is 15.1. The highest BCUT2D eigenvalue weighted by atomic mass is 19.1. The number of anilines is 3. The van der Waals surface area contributed by atoms with Gasteiger partial charge in [0.1, 0.15) is 24.2 Å². The zero-order chi connectivity index (χ0) is 38.6. The summed E-state index contributed by atoms with van der Waals surface area (Å²) in [5.41, 5.74) is 9.09. The molecule has 3 aromatic carbocycles. The van der Waals surface area contributed by atoms with Crippen LogP contribution in [0.15, 0.2) is 60.7 Å². The Labute approximate surface area is 314 Å². The third kappa shape index (κ3) is 7.99. The summed E-state index contributed by atoms with van der Waals surface area (Å²) in [7, 11) is 0. The van der Waals surface area contributed by atoms with Gasteiger partial charge in [0.2, 0.25) is 11.8 Å². The summed E-state index contributed by atoms with van der Waals surface area (Å²) < 4.78 is 41.2. The Bertz CT molecular complexity index is 2100. The van der Waals surface area contributed by atoms with E-state index in [2.05, 4.69) is 25.7 Å². The van der Waals surface area contributed by atoms with E-state index < -0.39 is 41.6 Å². The molecule has 15 nitrogen and oxygen atoms in total. The molecule has 0 radical (unpaired) electrons. The Morgan fingerprint density at radius 2 is 1.75 bits per heavy atom. The van der Waals surface area contributed by atoms with Gasteiger partial charge < -0.3 is 35.6 Å². The fraction of sp³-hybridized carbons (Fsp3) is 0.342. The van der Waals surface area contributed by atoms with Gasteiger partial charge in [0.15, 0.2) is 23.6 Å². The van der Waals surface area contributed by atoms with Crippen LogP contribution in [0.2, 0.25) is 0 Å². The van der Waals surface area contributed by atoms with Crippen molar-refractivity contribution in [2.45, 2.75) is 31.7 Å². The molecule has 4 heterocycles. The van der Waals surface area contributed by atoms with Gasteiger partial charge in [0.25, 0.3) is 5.91 Å². The first-order chi connectivity index (χ1) is 26.6. The van der Waals surface area contributed by atoms with Crippen molar-refractivity contribution in [2.75, 3.05) is 68.5 Å². The number of aromatic nitrogens is 2. The first-order valence-corrected chi connectivity index (χ1v) is 17.9. The van der Waals surface area contributed by atoms with E-state index >= 15 is 4.39 Å². The Balaban J connectivity index is 0.850. The molecule has 0 aliphatic carbocycles. The number of imide groups is 1. The topological polar surface area (TPSA) is 196 Å². The van der Waals surface area contributed by atoms with Crippen LogP contribution < -0.4 is 26.0 Å². The predicted octanol–water partition coefficient (Wildman–Crippen LogP) is 2.79. The normalized spacial score (nSPS) is 18.7. The number of carbonyl (C=O) groups is 3. The summed E-state index contributed by atoms with van der Waals surface area (Å²) in [5, 5.41) is 34.6. The lowest BCUT2D eigenvalue weighted by molar-refractivity contribution is -0.139. The van der Waals surface area contributed by atoms with Crippen LogP contribution in [0.1, 0.15) is 40.6 Å². The molecule has 0 spiro atoms. The zero-order valence-corrected chi connectivity index (χ0v) is 29.7. The molecular weight excluding hydrogens is 718 g/mol. The smallest absolute Gasteiger partial charge is 0.259 e. The number of phenols is 1. The molecule has 3 aliphatic rings. The first-order valence-electron chi connectivity index (χ1n) is 17.9. The summed E-state index contributed by atoms with van der Waals surface area (Å²) in [6.07, 6.45) is -1.15. The number of benzene rings is 3. The van der Waals surface area contributed by atoms with Crippen molar-refractivity contribution >= 4 is 34.9 Å². The molecular formula is C38H40F2N8O7. The number of fused-ring (bicyclic) bond motifs is 1. The second-order valence-electron chi connectivity index (χ2n) is 13.4. The monoisotopic (exact) mass is 758 g/mol. The Hall–Kier alpha value is -5.91. The molecule has 55 heavy (non-hydrogen) atoms. The van der Waals surface area contributed by atoms with E-state index in [9.17, 15) is 29.0 Å². The minimum atomic E-state index is -1.33. The van der Waals surface area contributed by atoms with Crippen molar-refractivity contribution < 1.29 is 42.9 Å². The summed E-state index contributed by atoms with van der Waals surface area (Å²) >= 11 is 0. The number of carbonyl (C=O) groups excluding carboxylic acids is 3. The number of halogens is 2. The molecule has 2 fully saturated rings.